The van der Waals surface area contributed by atoms with Gasteiger partial charge in [0.1, 0.15) is 0 Å². The number of benzene rings is 1. The van der Waals surface area contributed by atoms with Crippen LogP contribution in [-0.2, 0) is 6.54 Å². The molecular formula is C11H12N2O. The molecule has 1 aliphatic heterocycles. The first kappa shape index (κ1) is 8.03. The quantitative estimate of drug-likeness (QED) is 0.672. The van der Waals surface area contributed by atoms with Crippen LogP contribution < -0.4 is 5.48 Å². The van der Waals surface area contributed by atoms with E-state index in [1.807, 2.05) is 6.07 Å². The summed E-state index contributed by atoms with van der Waals surface area (Å²) in [5.74, 6) is 0. The van der Waals surface area contributed by atoms with Crippen LogP contribution >= 0.6 is 0 Å². The molecule has 2 aromatic rings. The second-order valence-corrected chi connectivity index (χ2v) is 3.75. The van der Waals surface area contributed by atoms with E-state index in [2.05, 4.69) is 34.3 Å². The molecule has 0 amide bonds. The van der Waals surface area contributed by atoms with Crippen molar-refractivity contribution in [2.75, 3.05) is 0 Å². The largest absolute Gasteiger partial charge is 0.343 e. The number of fused-ring (bicyclic) bond motifs is 3. The lowest BCUT2D eigenvalue weighted by atomic mass is 10.2. The summed E-state index contributed by atoms with van der Waals surface area (Å²) in [5, 5.41) is 10.2. The molecule has 14 heavy (non-hydrogen) atoms. The van der Waals surface area contributed by atoms with E-state index in [9.17, 15) is 0 Å². The summed E-state index contributed by atoms with van der Waals surface area (Å²) in [6, 6.07) is 10.6. The molecule has 0 saturated heterocycles. The van der Waals surface area contributed by atoms with E-state index in [0.717, 1.165) is 13.0 Å². The van der Waals surface area contributed by atoms with E-state index >= 15 is 0 Å². The Balaban J connectivity index is 2.26. The van der Waals surface area contributed by atoms with Crippen LogP contribution in [0.1, 0.15) is 18.2 Å². The number of nitrogens with zero attached hydrogens (tertiary/aromatic N) is 1. The summed E-state index contributed by atoms with van der Waals surface area (Å²) in [6.07, 6.45) is 0.969. The fraction of sp³-hybridized carbons (Fsp3) is 0.273. The smallest absolute Gasteiger partial charge is 0.0738 e. The molecular weight excluding hydrogens is 176 g/mol. The molecule has 1 aromatic heterocycles. The van der Waals surface area contributed by atoms with Crippen molar-refractivity contribution in [2.45, 2.75) is 19.0 Å². The van der Waals surface area contributed by atoms with Crippen molar-refractivity contribution in [1.29, 1.82) is 0 Å². The first-order valence-electron chi connectivity index (χ1n) is 4.88. The van der Waals surface area contributed by atoms with Crippen LogP contribution in [0.2, 0.25) is 0 Å². The minimum absolute atomic E-state index is 0.0994. The minimum Gasteiger partial charge on any atom is -0.343 e. The molecule has 0 fully saturated rings. The molecule has 0 radical (unpaired) electrons. The third-order valence-electron chi connectivity index (χ3n) is 3.00. The van der Waals surface area contributed by atoms with Gasteiger partial charge in [-0.3, -0.25) is 0 Å². The number of aromatic nitrogens is 1. The normalized spacial score (nSPS) is 20.2. The number of hydrogen-bond donors (Lipinski definition) is 2. The van der Waals surface area contributed by atoms with Crippen LogP contribution in [0.15, 0.2) is 30.3 Å². The fourth-order valence-corrected chi connectivity index (χ4v) is 2.31. The monoisotopic (exact) mass is 188 g/mol. The number of rotatable bonds is 1. The zero-order chi connectivity index (χ0) is 9.54. The first-order chi connectivity index (χ1) is 6.90. The Labute approximate surface area is 81.9 Å². The highest BCUT2D eigenvalue weighted by atomic mass is 16.5. The zero-order valence-corrected chi connectivity index (χ0v) is 7.77. The molecule has 72 valence electrons. The lowest BCUT2D eigenvalue weighted by molar-refractivity contribution is 0.126. The zero-order valence-electron chi connectivity index (χ0n) is 7.77. The van der Waals surface area contributed by atoms with Gasteiger partial charge in [-0.25, -0.2) is 0 Å². The van der Waals surface area contributed by atoms with E-state index in [-0.39, 0.29) is 6.04 Å². The fourth-order valence-electron chi connectivity index (χ4n) is 2.31. The van der Waals surface area contributed by atoms with Crippen molar-refractivity contribution >= 4 is 10.9 Å². The summed E-state index contributed by atoms with van der Waals surface area (Å²) in [7, 11) is 0. The van der Waals surface area contributed by atoms with Gasteiger partial charge < -0.3 is 9.77 Å². The van der Waals surface area contributed by atoms with Gasteiger partial charge in [0.2, 0.25) is 0 Å². The van der Waals surface area contributed by atoms with Gasteiger partial charge in [0.25, 0.3) is 0 Å². The van der Waals surface area contributed by atoms with Gasteiger partial charge in [0.05, 0.1) is 6.04 Å². The van der Waals surface area contributed by atoms with Gasteiger partial charge >= 0.3 is 0 Å². The van der Waals surface area contributed by atoms with E-state index in [1.165, 1.54) is 16.6 Å². The van der Waals surface area contributed by atoms with Gasteiger partial charge in [-0.15, -0.1) is 0 Å². The molecule has 1 aliphatic rings. The van der Waals surface area contributed by atoms with Crippen LogP contribution in [0.25, 0.3) is 10.9 Å². The molecule has 1 atom stereocenters. The topological polar surface area (TPSA) is 37.2 Å². The Morgan fingerprint density at radius 3 is 3.07 bits per heavy atom. The van der Waals surface area contributed by atoms with Crippen molar-refractivity contribution in [3.63, 3.8) is 0 Å². The number of hydrogen-bond acceptors (Lipinski definition) is 2. The third-order valence-corrected chi connectivity index (χ3v) is 3.00. The Hall–Kier alpha value is -1.32. The van der Waals surface area contributed by atoms with Crippen LogP contribution in [0.3, 0.4) is 0 Å². The molecule has 3 rings (SSSR count). The van der Waals surface area contributed by atoms with E-state index in [1.54, 1.807) is 0 Å². The number of hydroxylamine groups is 1. The van der Waals surface area contributed by atoms with Crippen LogP contribution in [0.5, 0.6) is 0 Å². The van der Waals surface area contributed by atoms with Gasteiger partial charge in [-0.2, -0.15) is 5.48 Å². The summed E-state index contributed by atoms with van der Waals surface area (Å²) in [6.45, 7) is 0.987. The standard InChI is InChI=1S/C11H12N2O/c14-12-9-5-6-13-10-4-2-1-3-8(10)7-11(9)13/h1-4,7,9,12,14H,5-6H2. The van der Waals surface area contributed by atoms with Gasteiger partial charge in [0.15, 0.2) is 0 Å². The maximum atomic E-state index is 8.97. The average molecular weight is 188 g/mol. The maximum absolute atomic E-state index is 8.97. The summed E-state index contributed by atoms with van der Waals surface area (Å²) in [4.78, 5) is 0. The lowest BCUT2D eigenvalue weighted by Gasteiger charge is -2.03. The van der Waals surface area contributed by atoms with Crippen molar-refractivity contribution in [2.24, 2.45) is 0 Å². The molecule has 1 aromatic carbocycles. The highest BCUT2D eigenvalue weighted by Crippen LogP contribution is 2.31. The second kappa shape index (κ2) is 2.83. The van der Waals surface area contributed by atoms with Gasteiger partial charge in [-0.1, -0.05) is 18.2 Å². The van der Waals surface area contributed by atoms with Crippen LogP contribution in [0, 0.1) is 0 Å². The maximum Gasteiger partial charge on any atom is 0.0738 e. The van der Waals surface area contributed by atoms with Gasteiger partial charge in [0, 0.05) is 17.8 Å². The molecule has 0 saturated carbocycles. The Morgan fingerprint density at radius 2 is 2.21 bits per heavy atom. The molecule has 0 spiro atoms. The van der Waals surface area contributed by atoms with Crippen LogP contribution in [-0.4, -0.2) is 9.77 Å². The van der Waals surface area contributed by atoms with Crippen molar-refractivity contribution < 1.29 is 5.21 Å². The summed E-state index contributed by atoms with van der Waals surface area (Å²) in [5.41, 5.74) is 4.81. The molecule has 3 nitrogen and oxygen atoms in total. The van der Waals surface area contributed by atoms with Gasteiger partial charge in [-0.05, 0) is 23.9 Å². The molecule has 2 N–H and O–H groups in total. The van der Waals surface area contributed by atoms with Crippen molar-refractivity contribution in [3.8, 4) is 0 Å². The van der Waals surface area contributed by atoms with E-state index in [0.29, 0.717) is 0 Å². The highest BCUT2D eigenvalue weighted by molar-refractivity contribution is 5.81. The SMILES string of the molecule is ONC1CCn2c1cc1ccccc12. The molecule has 2 heterocycles. The van der Waals surface area contributed by atoms with E-state index < -0.39 is 0 Å². The number of aryl methyl sites for hydroxylation is 1. The number of nitrogens with one attached hydrogen (secondary N) is 1. The molecule has 0 aliphatic carbocycles. The lowest BCUT2D eigenvalue weighted by Crippen LogP contribution is -2.13. The second-order valence-electron chi connectivity index (χ2n) is 3.75. The first-order valence-corrected chi connectivity index (χ1v) is 4.88. The Morgan fingerprint density at radius 1 is 1.36 bits per heavy atom. The number of para-hydroxylation sites is 1. The minimum atomic E-state index is 0.0994. The van der Waals surface area contributed by atoms with Crippen LogP contribution in [0.4, 0.5) is 0 Å². The summed E-state index contributed by atoms with van der Waals surface area (Å²) < 4.78 is 2.27. The Bertz CT molecular complexity index is 475. The third kappa shape index (κ3) is 0.937. The predicted molar refractivity (Wildman–Crippen MR) is 54.2 cm³/mol. The molecule has 1 unspecified atom stereocenters. The van der Waals surface area contributed by atoms with Crippen molar-refractivity contribution in [1.82, 2.24) is 10.0 Å². The predicted octanol–water partition coefficient (Wildman–Crippen LogP) is 2.06. The molecule has 0 bridgehead atoms. The average Bonchev–Trinajstić information content (AvgIpc) is 2.75. The Kier molecular flexibility index (Phi) is 1.63. The summed E-state index contributed by atoms with van der Waals surface area (Å²) >= 11 is 0. The van der Waals surface area contributed by atoms with Crippen molar-refractivity contribution in [3.05, 3.63) is 36.0 Å². The molecule has 3 heteroatoms. The highest BCUT2D eigenvalue weighted by Gasteiger charge is 2.23. The van der Waals surface area contributed by atoms with E-state index in [4.69, 9.17) is 5.21 Å².